The van der Waals surface area contributed by atoms with E-state index in [1.807, 2.05) is 19.3 Å². The minimum Gasteiger partial charge on any atom is -0.378 e. The molecule has 4 nitrogen and oxygen atoms in total. The Morgan fingerprint density at radius 2 is 2.06 bits per heavy atom. The number of nitrogens with zero attached hydrogens (tertiary/aromatic N) is 3. The lowest BCUT2D eigenvalue weighted by atomic mass is 9.90. The van der Waals surface area contributed by atoms with Crippen molar-refractivity contribution < 1.29 is 4.74 Å². The van der Waals surface area contributed by atoms with Crippen LogP contribution in [0.1, 0.15) is 31.4 Å². The highest BCUT2D eigenvalue weighted by Crippen LogP contribution is 2.30. The molecule has 0 aromatic carbocycles. The molecule has 2 saturated heterocycles. The van der Waals surface area contributed by atoms with Gasteiger partial charge in [-0.1, -0.05) is 0 Å². The monoisotopic (exact) mass is 247 g/mol. The fraction of sp³-hybridized carbons (Fsp3) is 0.714. The fourth-order valence-corrected chi connectivity index (χ4v) is 3.08. The van der Waals surface area contributed by atoms with Gasteiger partial charge in [-0.2, -0.15) is 0 Å². The van der Waals surface area contributed by atoms with E-state index in [1.54, 1.807) is 0 Å². The summed E-state index contributed by atoms with van der Waals surface area (Å²) in [5, 5.41) is 0. The molecule has 3 rings (SSSR count). The zero-order chi connectivity index (χ0) is 12.4. The third-order valence-electron chi connectivity index (χ3n) is 4.10. The van der Waals surface area contributed by atoms with Gasteiger partial charge in [-0.05, 0) is 38.5 Å². The topological polar surface area (TPSA) is 38.2 Å². The highest BCUT2D eigenvalue weighted by Gasteiger charge is 2.29. The molecule has 2 aliphatic heterocycles. The number of hydrogen-bond acceptors (Lipinski definition) is 4. The SMILES string of the molecule is Cc1cncc(N2CCC(C3CCCO3)CC2)n1. The number of hydrogen-bond donors (Lipinski definition) is 0. The van der Waals surface area contributed by atoms with Crippen molar-refractivity contribution in [1.82, 2.24) is 9.97 Å². The number of aryl methyl sites for hydroxylation is 1. The molecule has 1 unspecified atom stereocenters. The molecule has 2 fully saturated rings. The molecule has 1 aromatic rings. The van der Waals surface area contributed by atoms with Gasteiger partial charge in [0.25, 0.3) is 0 Å². The normalized spacial score (nSPS) is 25.6. The van der Waals surface area contributed by atoms with Crippen LogP contribution in [0.4, 0.5) is 5.82 Å². The second-order valence-electron chi connectivity index (χ2n) is 5.39. The van der Waals surface area contributed by atoms with Crippen LogP contribution in [0.2, 0.25) is 0 Å². The zero-order valence-electron chi connectivity index (χ0n) is 11.0. The lowest BCUT2D eigenvalue weighted by Gasteiger charge is -2.35. The van der Waals surface area contributed by atoms with Crippen molar-refractivity contribution in [3.8, 4) is 0 Å². The van der Waals surface area contributed by atoms with Crippen LogP contribution in [0.15, 0.2) is 12.4 Å². The van der Waals surface area contributed by atoms with Crippen LogP contribution in [-0.2, 0) is 4.74 Å². The second kappa shape index (κ2) is 5.22. The van der Waals surface area contributed by atoms with Gasteiger partial charge in [-0.25, -0.2) is 4.98 Å². The third-order valence-corrected chi connectivity index (χ3v) is 4.10. The Morgan fingerprint density at radius 3 is 2.72 bits per heavy atom. The summed E-state index contributed by atoms with van der Waals surface area (Å²) in [5.74, 6) is 1.78. The largest absolute Gasteiger partial charge is 0.378 e. The van der Waals surface area contributed by atoms with Crippen LogP contribution in [0.25, 0.3) is 0 Å². The first kappa shape index (κ1) is 11.9. The number of piperidine rings is 1. The van der Waals surface area contributed by atoms with Gasteiger partial charge in [0, 0.05) is 25.9 Å². The smallest absolute Gasteiger partial charge is 0.147 e. The second-order valence-corrected chi connectivity index (χ2v) is 5.39. The average molecular weight is 247 g/mol. The minimum atomic E-state index is 0.524. The zero-order valence-corrected chi connectivity index (χ0v) is 11.0. The van der Waals surface area contributed by atoms with E-state index in [-0.39, 0.29) is 0 Å². The average Bonchev–Trinajstić information content (AvgIpc) is 2.93. The van der Waals surface area contributed by atoms with Gasteiger partial charge in [-0.3, -0.25) is 4.98 Å². The molecule has 0 spiro atoms. The van der Waals surface area contributed by atoms with E-state index in [0.717, 1.165) is 37.1 Å². The first-order chi connectivity index (χ1) is 8.83. The van der Waals surface area contributed by atoms with E-state index < -0.39 is 0 Å². The van der Waals surface area contributed by atoms with Crippen LogP contribution in [0.5, 0.6) is 0 Å². The number of anilines is 1. The molecule has 1 atom stereocenters. The fourth-order valence-electron chi connectivity index (χ4n) is 3.08. The summed E-state index contributed by atoms with van der Waals surface area (Å²) in [6, 6.07) is 0. The van der Waals surface area contributed by atoms with E-state index in [1.165, 1.54) is 25.7 Å². The van der Waals surface area contributed by atoms with Crippen molar-refractivity contribution >= 4 is 5.82 Å². The van der Waals surface area contributed by atoms with E-state index >= 15 is 0 Å². The molecule has 4 heteroatoms. The maximum atomic E-state index is 5.81. The van der Waals surface area contributed by atoms with Gasteiger partial charge in [-0.15, -0.1) is 0 Å². The van der Waals surface area contributed by atoms with Gasteiger partial charge >= 0.3 is 0 Å². The summed E-state index contributed by atoms with van der Waals surface area (Å²) < 4.78 is 5.81. The van der Waals surface area contributed by atoms with Crippen molar-refractivity contribution in [2.24, 2.45) is 5.92 Å². The summed E-state index contributed by atoms with van der Waals surface area (Å²) in [6.45, 7) is 5.13. The van der Waals surface area contributed by atoms with Crippen LogP contribution < -0.4 is 4.90 Å². The summed E-state index contributed by atoms with van der Waals surface area (Å²) >= 11 is 0. The molecule has 1 aromatic heterocycles. The van der Waals surface area contributed by atoms with Gasteiger partial charge in [0.1, 0.15) is 5.82 Å². The predicted molar refractivity (Wildman–Crippen MR) is 70.7 cm³/mol. The van der Waals surface area contributed by atoms with Crippen molar-refractivity contribution in [3.05, 3.63) is 18.1 Å². The van der Waals surface area contributed by atoms with Gasteiger partial charge < -0.3 is 9.64 Å². The first-order valence-corrected chi connectivity index (χ1v) is 6.98. The van der Waals surface area contributed by atoms with Crippen LogP contribution in [-0.4, -0.2) is 35.8 Å². The minimum absolute atomic E-state index is 0.524. The van der Waals surface area contributed by atoms with Gasteiger partial charge in [0.15, 0.2) is 0 Å². The molecule has 2 aliphatic rings. The summed E-state index contributed by atoms with van der Waals surface area (Å²) in [7, 11) is 0. The van der Waals surface area contributed by atoms with Crippen LogP contribution in [0, 0.1) is 12.8 Å². The lowest BCUT2D eigenvalue weighted by Crippen LogP contribution is -2.38. The summed E-state index contributed by atoms with van der Waals surface area (Å²) in [4.78, 5) is 11.1. The number of rotatable bonds is 2. The van der Waals surface area contributed by atoms with E-state index in [2.05, 4.69) is 14.9 Å². The lowest BCUT2D eigenvalue weighted by molar-refractivity contribution is 0.0531. The molecule has 0 radical (unpaired) electrons. The quantitative estimate of drug-likeness (QED) is 0.803. The predicted octanol–water partition coefficient (Wildman–Crippen LogP) is 2.18. The standard InChI is InChI=1S/C14H21N3O/c1-11-9-15-10-14(16-11)17-6-4-12(5-7-17)13-3-2-8-18-13/h9-10,12-13H,2-8H2,1H3. The van der Waals surface area contributed by atoms with Gasteiger partial charge in [0.2, 0.25) is 0 Å². The molecule has 18 heavy (non-hydrogen) atoms. The summed E-state index contributed by atoms with van der Waals surface area (Å²) in [6.07, 6.45) is 9.15. The molecule has 0 saturated carbocycles. The highest BCUT2D eigenvalue weighted by atomic mass is 16.5. The Labute approximate surface area is 108 Å². The Morgan fingerprint density at radius 1 is 1.22 bits per heavy atom. The third kappa shape index (κ3) is 2.48. The van der Waals surface area contributed by atoms with E-state index in [0.29, 0.717) is 6.10 Å². The van der Waals surface area contributed by atoms with Crippen LogP contribution in [0.3, 0.4) is 0 Å². The molecular weight excluding hydrogens is 226 g/mol. The van der Waals surface area contributed by atoms with E-state index in [9.17, 15) is 0 Å². The summed E-state index contributed by atoms with van der Waals surface area (Å²) in [5.41, 5.74) is 0.994. The van der Waals surface area contributed by atoms with Crippen molar-refractivity contribution in [2.45, 2.75) is 38.7 Å². The van der Waals surface area contributed by atoms with Crippen molar-refractivity contribution in [1.29, 1.82) is 0 Å². The Bertz CT molecular complexity index is 396. The highest BCUT2D eigenvalue weighted by molar-refractivity contribution is 5.36. The molecule has 3 heterocycles. The molecule has 0 bridgehead atoms. The Balaban J connectivity index is 1.59. The van der Waals surface area contributed by atoms with Crippen molar-refractivity contribution in [2.75, 3.05) is 24.6 Å². The molecule has 0 N–H and O–H groups in total. The van der Waals surface area contributed by atoms with E-state index in [4.69, 9.17) is 4.74 Å². The number of aromatic nitrogens is 2. The number of ether oxygens (including phenoxy) is 1. The molecule has 0 amide bonds. The molecule has 98 valence electrons. The maximum absolute atomic E-state index is 5.81. The van der Waals surface area contributed by atoms with Crippen LogP contribution >= 0.6 is 0 Å². The van der Waals surface area contributed by atoms with Crippen molar-refractivity contribution in [3.63, 3.8) is 0 Å². The first-order valence-electron chi connectivity index (χ1n) is 6.98. The van der Waals surface area contributed by atoms with Gasteiger partial charge in [0.05, 0.1) is 18.0 Å². The Hall–Kier alpha value is -1.16. The molecular formula is C14H21N3O. The maximum Gasteiger partial charge on any atom is 0.147 e. The molecule has 0 aliphatic carbocycles. The Kier molecular flexibility index (Phi) is 3.46.